The Morgan fingerprint density at radius 1 is 1.22 bits per heavy atom. The van der Waals surface area contributed by atoms with Crippen molar-refractivity contribution in [1.29, 1.82) is 0 Å². The Bertz CT molecular complexity index is 376. The fraction of sp³-hybridized carbons (Fsp3) is 0.500. The Labute approximate surface area is 108 Å². The van der Waals surface area contributed by atoms with Gasteiger partial charge >= 0.3 is 0 Å². The summed E-state index contributed by atoms with van der Waals surface area (Å²) in [5, 5.41) is 6.07. The summed E-state index contributed by atoms with van der Waals surface area (Å²) in [5.41, 5.74) is 1.01. The van der Waals surface area contributed by atoms with Gasteiger partial charge in [0.1, 0.15) is 5.82 Å². The first-order valence-electron chi connectivity index (χ1n) is 6.27. The first-order chi connectivity index (χ1) is 8.49. The highest BCUT2D eigenvalue weighted by molar-refractivity contribution is 5.76. The van der Waals surface area contributed by atoms with Gasteiger partial charge in [0.2, 0.25) is 5.91 Å². The number of carbonyl (C=O) groups is 1. The second kappa shape index (κ2) is 7.11. The molecule has 4 heteroatoms. The van der Waals surface area contributed by atoms with Crippen LogP contribution in [0.25, 0.3) is 0 Å². The van der Waals surface area contributed by atoms with Crippen LogP contribution in [-0.4, -0.2) is 18.5 Å². The van der Waals surface area contributed by atoms with Gasteiger partial charge in [-0.05, 0) is 38.5 Å². The Morgan fingerprint density at radius 3 is 2.39 bits per heavy atom. The molecule has 3 nitrogen and oxygen atoms in total. The van der Waals surface area contributed by atoms with Crippen LogP contribution in [0, 0.1) is 5.82 Å². The van der Waals surface area contributed by atoms with Crippen LogP contribution in [0.2, 0.25) is 0 Å². The van der Waals surface area contributed by atoms with Crippen LogP contribution in [0.4, 0.5) is 4.39 Å². The monoisotopic (exact) mass is 252 g/mol. The molecule has 1 aromatic carbocycles. The molecule has 1 amide bonds. The molecular formula is C14H21FN2O. The van der Waals surface area contributed by atoms with Crippen LogP contribution in [0.1, 0.15) is 38.8 Å². The third-order valence-electron chi connectivity index (χ3n) is 2.62. The minimum Gasteiger partial charge on any atom is -0.354 e. The average molecular weight is 252 g/mol. The molecule has 0 radical (unpaired) electrons. The molecule has 0 aliphatic carbocycles. The quantitative estimate of drug-likeness (QED) is 0.816. The summed E-state index contributed by atoms with van der Waals surface area (Å²) in [5.74, 6) is -0.189. The van der Waals surface area contributed by atoms with Crippen LogP contribution < -0.4 is 10.6 Å². The third kappa shape index (κ3) is 5.27. The van der Waals surface area contributed by atoms with E-state index in [1.165, 1.54) is 12.1 Å². The molecule has 0 spiro atoms. The molecule has 0 fully saturated rings. The smallest absolute Gasteiger partial charge is 0.221 e. The fourth-order valence-electron chi connectivity index (χ4n) is 1.67. The Hall–Kier alpha value is -1.42. The highest BCUT2D eigenvalue weighted by atomic mass is 19.1. The van der Waals surface area contributed by atoms with E-state index in [1.54, 1.807) is 12.1 Å². The predicted molar refractivity (Wildman–Crippen MR) is 70.7 cm³/mol. The van der Waals surface area contributed by atoms with E-state index < -0.39 is 0 Å². The maximum atomic E-state index is 12.8. The Kier molecular flexibility index (Phi) is 5.78. The van der Waals surface area contributed by atoms with Gasteiger partial charge in [-0.15, -0.1) is 0 Å². The van der Waals surface area contributed by atoms with Gasteiger partial charge in [0.15, 0.2) is 0 Å². The molecule has 0 saturated heterocycles. The number of amides is 1. The number of hydrogen-bond acceptors (Lipinski definition) is 2. The van der Waals surface area contributed by atoms with Crippen LogP contribution >= 0.6 is 0 Å². The van der Waals surface area contributed by atoms with Gasteiger partial charge in [-0.3, -0.25) is 4.79 Å². The van der Waals surface area contributed by atoms with Gasteiger partial charge in [-0.25, -0.2) is 4.39 Å². The van der Waals surface area contributed by atoms with Gasteiger partial charge in [-0.2, -0.15) is 0 Å². The maximum Gasteiger partial charge on any atom is 0.221 e. The molecule has 0 heterocycles. The van der Waals surface area contributed by atoms with E-state index in [9.17, 15) is 9.18 Å². The minimum absolute atomic E-state index is 0.0452. The van der Waals surface area contributed by atoms with Crippen molar-refractivity contribution in [3.05, 3.63) is 35.6 Å². The van der Waals surface area contributed by atoms with Gasteiger partial charge in [-0.1, -0.05) is 12.1 Å². The van der Waals surface area contributed by atoms with Gasteiger partial charge in [0.25, 0.3) is 0 Å². The lowest BCUT2D eigenvalue weighted by atomic mass is 10.1. The third-order valence-corrected chi connectivity index (χ3v) is 2.62. The number of nitrogens with one attached hydrogen (secondary N) is 2. The van der Waals surface area contributed by atoms with E-state index in [0.717, 1.165) is 5.56 Å². The van der Waals surface area contributed by atoms with E-state index in [-0.39, 0.29) is 23.8 Å². The minimum atomic E-state index is -0.234. The largest absolute Gasteiger partial charge is 0.354 e. The zero-order valence-corrected chi connectivity index (χ0v) is 11.2. The van der Waals surface area contributed by atoms with Crippen molar-refractivity contribution in [2.75, 3.05) is 6.54 Å². The molecule has 2 N–H and O–H groups in total. The average Bonchev–Trinajstić information content (AvgIpc) is 2.28. The van der Waals surface area contributed by atoms with E-state index in [0.29, 0.717) is 13.0 Å². The SMILES string of the molecule is CC(C)NC(=O)CCN[C@@H](C)c1ccc(F)cc1. The molecule has 1 aromatic rings. The topological polar surface area (TPSA) is 41.1 Å². The number of halogens is 1. The standard InChI is InChI=1S/C14H21FN2O/c1-10(2)17-14(18)8-9-16-11(3)12-4-6-13(15)7-5-12/h4-7,10-11,16H,8-9H2,1-3H3,(H,17,18)/t11-/m0/s1. The second-order valence-electron chi connectivity index (χ2n) is 4.70. The number of carbonyl (C=O) groups excluding carboxylic acids is 1. The van der Waals surface area contributed by atoms with Crippen molar-refractivity contribution < 1.29 is 9.18 Å². The highest BCUT2D eigenvalue weighted by Crippen LogP contribution is 2.12. The second-order valence-corrected chi connectivity index (χ2v) is 4.70. The normalized spacial score (nSPS) is 12.5. The van der Waals surface area contributed by atoms with Gasteiger partial charge in [0.05, 0.1) is 0 Å². The van der Waals surface area contributed by atoms with E-state index in [2.05, 4.69) is 10.6 Å². The lowest BCUT2D eigenvalue weighted by Crippen LogP contribution is -2.33. The fourth-order valence-corrected chi connectivity index (χ4v) is 1.67. The molecule has 0 aromatic heterocycles. The highest BCUT2D eigenvalue weighted by Gasteiger charge is 2.07. The van der Waals surface area contributed by atoms with E-state index in [4.69, 9.17) is 0 Å². The van der Waals surface area contributed by atoms with Crippen molar-refractivity contribution in [2.45, 2.75) is 39.3 Å². The molecular weight excluding hydrogens is 231 g/mol. The summed E-state index contributed by atoms with van der Waals surface area (Å²) in [7, 11) is 0. The van der Waals surface area contributed by atoms with Crippen molar-refractivity contribution in [1.82, 2.24) is 10.6 Å². The summed E-state index contributed by atoms with van der Waals surface area (Å²) >= 11 is 0. The Morgan fingerprint density at radius 2 is 1.83 bits per heavy atom. The zero-order valence-electron chi connectivity index (χ0n) is 11.2. The van der Waals surface area contributed by atoms with Crippen LogP contribution in [0.3, 0.4) is 0 Å². The lowest BCUT2D eigenvalue weighted by Gasteiger charge is -2.14. The predicted octanol–water partition coefficient (Wildman–Crippen LogP) is 2.39. The van der Waals surface area contributed by atoms with Crippen LogP contribution in [0.5, 0.6) is 0 Å². The van der Waals surface area contributed by atoms with Crippen molar-refractivity contribution in [3.63, 3.8) is 0 Å². The number of benzene rings is 1. The first kappa shape index (κ1) is 14.6. The molecule has 0 bridgehead atoms. The zero-order chi connectivity index (χ0) is 13.5. The summed E-state index contributed by atoms with van der Waals surface area (Å²) < 4.78 is 12.8. The summed E-state index contributed by atoms with van der Waals surface area (Å²) in [4.78, 5) is 11.4. The number of rotatable bonds is 6. The first-order valence-corrected chi connectivity index (χ1v) is 6.27. The molecule has 18 heavy (non-hydrogen) atoms. The van der Waals surface area contributed by atoms with Gasteiger partial charge < -0.3 is 10.6 Å². The molecule has 1 rings (SSSR count). The number of hydrogen-bond donors (Lipinski definition) is 2. The summed E-state index contributed by atoms with van der Waals surface area (Å²) in [6.07, 6.45) is 0.448. The molecule has 0 aliphatic heterocycles. The molecule has 0 saturated carbocycles. The summed E-state index contributed by atoms with van der Waals surface area (Å²) in [6, 6.07) is 6.67. The van der Waals surface area contributed by atoms with E-state index >= 15 is 0 Å². The van der Waals surface area contributed by atoms with Crippen molar-refractivity contribution >= 4 is 5.91 Å². The molecule has 0 aliphatic rings. The lowest BCUT2D eigenvalue weighted by molar-refractivity contribution is -0.121. The molecule has 0 unspecified atom stereocenters. The van der Waals surface area contributed by atoms with Gasteiger partial charge in [0, 0.05) is 25.0 Å². The van der Waals surface area contributed by atoms with Crippen molar-refractivity contribution in [3.8, 4) is 0 Å². The molecule has 1 atom stereocenters. The van der Waals surface area contributed by atoms with Crippen LogP contribution in [-0.2, 0) is 4.79 Å². The molecule has 100 valence electrons. The van der Waals surface area contributed by atoms with E-state index in [1.807, 2.05) is 20.8 Å². The van der Waals surface area contributed by atoms with Crippen LogP contribution in [0.15, 0.2) is 24.3 Å². The van der Waals surface area contributed by atoms with Crippen molar-refractivity contribution in [2.24, 2.45) is 0 Å². The summed E-state index contributed by atoms with van der Waals surface area (Å²) in [6.45, 7) is 6.48. The maximum absolute atomic E-state index is 12.8. The Balaban J connectivity index is 2.31.